The number of benzene rings is 3. The van der Waals surface area contributed by atoms with Gasteiger partial charge < -0.3 is 19.1 Å². The second kappa shape index (κ2) is 10.7. The molecule has 3 heterocycles. The number of imidazole rings is 1. The summed E-state index contributed by atoms with van der Waals surface area (Å²) in [5.41, 5.74) is 4.90. The van der Waals surface area contributed by atoms with Gasteiger partial charge in [-0.05, 0) is 73.4 Å². The molecule has 1 N–H and O–H groups in total. The van der Waals surface area contributed by atoms with Crippen molar-refractivity contribution in [2.45, 2.75) is 51.6 Å². The lowest BCUT2D eigenvalue weighted by molar-refractivity contribution is -0.0592. The van der Waals surface area contributed by atoms with Crippen LogP contribution in [0.4, 0.5) is 4.39 Å². The van der Waals surface area contributed by atoms with Gasteiger partial charge >= 0.3 is 5.97 Å². The highest BCUT2D eigenvalue weighted by Crippen LogP contribution is 2.30. The monoisotopic (exact) mass is 540 g/mol. The molecule has 9 heteroatoms. The van der Waals surface area contributed by atoms with Gasteiger partial charge in [0, 0.05) is 25.3 Å². The van der Waals surface area contributed by atoms with Gasteiger partial charge in [-0.2, -0.15) is 5.26 Å². The molecule has 6 rings (SSSR count). The molecule has 0 unspecified atom stereocenters. The van der Waals surface area contributed by atoms with E-state index >= 15 is 0 Å². The van der Waals surface area contributed by atoms with Crippen molar-refractivity contribution >= 4 is 17.0 Å². The minimum atomic E-state index is -0.960. The van der Waals surface area contributed by atoms with Gasteiger partial charge in [0.05, 0.1) is 47.4 Å². The molecule has 3 aromatic carbocycles. The van der Waals surface area contributed by atoms with E-state index in [2.05, 4.69) is 15.5 Å². The van der Waals surface area contributed by atoms with Crippen LogP contribution in [0.15, 0.2) is 54.6 Å². The molecule has 8 nitrogen and oxygen atoms in total. The van der Waals surface area contributed by atoms with Crippen LogP contribution in [-0.2, 0) is 30.8 Å². The maximum absolute atomic E-state index is 14.5. The highest BCUT2D eigenvalue weighted by molar-refractivity contribution is 5.92. The lowest BCUT2D eigenvalue weighted by Crippen LogP contribution is -2.34. The van der Waals surface area contributed by atoms with Crippen LogP contribution in [0.3, 0.4) is 0 Å². The van der Waals surface area contributed by atoms with Gasteiger partial charge in [0.15, 0.2) is 0 Å². The lowest BCUT2D eigenvalue weighted by Gasteiger charge is -2.31. The van der Waals surface area contributed by atoms with E-state index in [4.69, 9.17) is 19.7 Å². The number of rotatable bonds is 8. The van der Waals surface area contributed by atoms with Gasteiger partial charge in [-0.1, -0.05) is 12.1 Å². The van der Waals surface area contributed by atoms with Gasteiger partial charge in [-0.25, -0.2) is 14.2 Å². The second-order valence-corrected chi connectivity index (χ2v) is 10.4. The van der Waals surface area contributed by atoms with Gasteiger partial charge in [-0.3, -0.25) is 4.90 Å². The predicted octanol–water partition coefficient (Wildman–Crippen LogP) is 5.23. The van der Waals surface area contributed by atoms with Crippen LogP contribution in [0.5, 0.6) is 5.75 Å². The van der Waals surface area contributed by atoms with Crippen molar-refractivity contribution in [3.05, 3.63) is 94.1 Å². The molecule has 2 atom stereocenters. The third-order valence-electron chi connectivity index (χ3n) is 7.77. The van der Waals surface area contributed by atoms with Crippen LogP contribution in [0.2, 0.25) is 0 Å². The van der Waals surface area contributed by atoms with Crippen LogP contribution in [-0.4, -0.2) is 44.8 Å². The summed E-state index contributed by atoms with van der Waals surface area (Å²) < 4.78 is 28.4. The number of carboxylic acids is 1. The molecule has 0 spiro atoms. The van der Waals surface area contributed by atoms with Crippen molar-refractivity contribution < 1.29 is 23.8 Å². The van der Waals surface area contributed by atoms with Crippen LogP contribution < -0.4 is 4.74 Å². The Morgan fingerprint density at radius 2 is 2.08 bits per heavy atom. The average molecular weight is 541 g/mol. The summed E-state index contributed by atoms with van der Waals surface area (Å²) in [5, 5.41) is 18.5. The summed E-state index contributed by atoms with van der Waals surface area (Å²) in [6.07, 6.45) is 1.44. The number of fused-ring (bicyclic) bond motifs is 2. The Morgan fingerprint density at radius 3 is 2.80 bits per heavy atom. The molecule has 0 aliphatic carbocycles. The van der Waals surface area contributed by atoms with Crippen molar-refractivity contribution in [1.82, 2.24) is 14.5 Å². The minimum absolute atomic E-state index is 0.106. The van der Waals surface area contributed by atoms with Gasteiger partial charge in [0.2, 0.25) is 0 Å². The van der Waals surface area contributed by atoms with E-state index in [9.17, 15) is 14.3 Å². The molecule has 40 heavy (non-hydrogen) atoms. The molecule has 1 saturated heterocycles. The van der Waals surface area contributed by atoms with Crippen LogP contribution in [0, 0.1) is 17.1 Å². The van der Waals surface area contributed by atoms with Crippen molar-refractivity contribution in [2.75, 3.05) is 13.2 Å². The Bertz CT molecular complexity index is 1640. The minimum Gasteiger partial charge on any atom is -0.486 e. The molecular weight excluding hydrogens is 511 g/mol. The topological polar surface area (TPSA) is 101 Å². The number of aromatic carboxylic acids is 1. The van der Waals surface area contributed by atoms with Gasteiger partial charge in [-0.15, -0.1) is 0 Å². The molecule has 204 valence electrons. The zero-order chi connectivity index (χ0) is 27.8. The maximum Gasteiger partial charge on any atom is 0.335 e. The normalized spacial score (nSPS) is 17.6. The van der Waals surface area contributed by atoms with Crippen molar-refractivity contribution in [3.8, 4) is 11.8 Å². The first-order valence-corrected chi connectivity index (χ1v) is 13.4. The van der Waals surface area contributed by atoms with E-state index in [-0.39, 0.29) is 17.2 Å². The number of carbonyl (C=O) groups is 1. The number of carboxylic acid groups (broad SMARTS) is 1. The molecular formula is C31H29FN4O4. The summed E-state index contributed by atoms with van der Waals surface area (Å²) >= 11 is 0. The number of aromatic nitrogens is 2. The Kier molecular flexibility index (Phi) is 6.96. The quantitative estimate of drug-likeness (QED) is 0.327. The smallest absolute Gasteiger partial charge is 0.335 e. The number of ether oxygens (including phenoxy) is 2. The van der Waals surface area contributed by atoms with Crippen molar-refractivity contribution in [1.29, 1.82) is 5.26 Å². The summed E-state index contributed by atoms with van der Waals surface area (Å²) in [6, 6.07) is 17.4. The first kappa shape index (κ1) is 26.0. The fourth-order valence-electron chi connectivity index (χ4n) is 5.46. The molecule has 4 aromatic rings. The molecule has 2 aliphatic rings. The van der Waals surface area contributed by atoms with Crippen molar-refractivity contribution in [2.24, 2.45) is 0 Å². The van der Waals surface area contributed by atoms with Gasteiger partial charge in [0.1, 0.15) is 23.5 Å². The molecule has 1 aromatic heterocycles. The highest BCUT2D eigenvalue weighted by atomic mass is 19.1. The number of hydrogen-bond acceptors (Lipinski definition) is 6. The van der Waals surface area contributed by atoms with E-state index in [0.29, 0.717) is 30.9 Å². The number of hydrogen-bond donors (Lipinski definition) is 1. The second-order valence-electron chi connectivity index (χ2n) is 10.4. The Morgan fingerprint density at radius 1 is 1.23 bits per heavy atom. The molecule has 0 radical (unpaired) electrons. The Labute approximate surface area is 231 Å². The summed E-state index contributed by atoms with van der Waals surface area (Å²) in [5.74, 6) is 0.126. The third kappa shape index (κ3) is 5.16. The molecule has 1 fully saturated rings. The Balaban J connectivity index is 1.21. The molecule has 0 saturated carbocycles. The van der Waals surface area contributed by atoms with Gasteiger partial charge in [0.25, 0.3) is 0 Å². The maximum atomic E-state index is 14.5. The lowest BCUT2D eigenvalue weighted by atomic mass is 9.99. The zero-order valence-corrected chi connectivity index (χ0v) is 22.1. The largest absolute Gasteiger partial charge is 0.486 e. The summed E-state index contributed by atoms with van der Waals surface area (Å²) in [4.78, 5) is 18.8. The predicted molar refractivity (Wildman–Crippen MR) is 145 cm³/mol. The van der Waals surface area contributed by atoms with Crippen LogP contribution >= 0.6 is 0 Å². The number of nitrogens with zero attached hydrogens (tertiary/aromatic N) is 4. The van der Waals surface area contributed by atoms with E-state index in [1.165, 1.54) is 11.6 Å². The van der Waals surface area contributed by atoms with E-state index in [1.807, 2.05) is 18.2 Å². The highest BCUT2D eigenvalue weighted by Gasteiger charge is 2.25. The van der Waals surface area contributed by atoms with Crippen LogP contribution in [0.1, 0.15) is 57.9 Å². The molecule has 0 bridgehead atoms. The number of nitriles is 1. The molecule has 0 amide bonds. The SMILES string of the molecule is C[C@H](Oc1ccc2c(c1)CN(Cc1nc3ccc(C(=O)O)cc3n1C[C@@H]1CCO1)CC2)c1ccc(C#N)cc1F. The fourth-order valence-corrected chi connectivity index (χ4v) is 5.46. The Hall–Kier alpha value is -4.26. The first-order valence-electron chi connectivity index (χ1n) is 13.4. The first-order chi connectivity index (χ1) is 19.4. The number of halogens is 1. The van der Waals surface area contributed by atoms with E-state index in [0.717, 1.165) is 48.4 Å². The summed E-state index contributed by atoms with van der Waals surface area (Å²) in [7, 11) is 0. The summed E-state index contributed by atoms with van der Waals surface area (Å²) in [6.45, 7) is 5.36. The average Bonchev–Trinajstić information content (AvgIpc) is 3.26. The van der Waals surface area contributed by atoms with Crippen molar-refractivity contribution in [3.63, 3.8) is 0 Å². The van der Waals surface area contributed by atoms with Crippen LogP contribution in [0.25, 0.3) is 11.0 Å². The van der Waals surface area contributed by atoms with E-state index in [1.54, 1.807) is 37.3 Å². The molecule has 2 aliphatic heterocycles. The zero-order valence-electron chi connectivity index (χ0n) is 22.1. The third-order valence-corrected chi connectivity index (χ3v) is 7.77. The standard InChI is InChI=1S/C31H29FN4O4/c1-19(26-6-2-20(15-33)12-27(26)32)40-24-5-3-21-8-10-35(16-23(21)13-24)18-30-34-28-7-4-22(31(37)38)14-29(28)36(30)17-25-9-11-39-25/h2-7,12-14,19,25H,8-11,16-18H2,1H3,(H,37,38)/t19-,25-/m0/s1. The fraction of sp³-hybridized carbons (Fsp3) is 0.323. The van der Waals surface area contributed by atoms with E-state index < -0.39 is 17.9 Å².